The molecule has 0 atom stereocenters. The highest BCUT2D eigenvalue weighted by molar-refractivity contribution is 8.00. The minimum Gasteiger partial charge on any atom is -0.316 e. The molecule has 0 aliphatic heterocycles. The predicted octanol–water partition coefficient (Wildman–Crippen LogP) is 2.03. The number of thioether (sulfide) groups is 1. The average Bonchev–Trinajstić information content (AvgIpc) is 3.22. The topological polar surface area (TPSA) is 58.2 Å². The summed E-state index contributed by atoms with van der Waals surface area (Å²) in [4.78, 5) is 0.128. The van der Waals surface area contributed by atoms with E-state index in [9.17, 15) is 12.8 Å². The van der Waals surface area contributed by atoms with Crippen molar-refractivity contribution in [2.75, 3.05) is 19.8 Å². The van der Waals surface area contributed by atoms with E-state index in [4.69, 9.17) is 0 Å². The molecule has 0 amide bonds. The Hall–Kier alpha value is -0.630. The SMILES string of the molecule is CNCc1cc(S(=O)(=O)NCC2(SC)CC2)cc(C)c1F. The lowest BCUT2D eigenvalue weighted by Crippen LogP contribution is -2.32. The van der Waals surface area contributed by atoms with Crippen LogP contribution in [0.25, 0.3) is 0 Å². The Morgan fingerprint density at radius 1 is 1.38 bits per heavy atom. The van der Waals surface area contributed by atoms with Crippen LogP contribution in [0.5, 0.6) is 0 Å². The Morgan fingerprint density at radius 2 is 2.05 bits per heavy atom. The fourth-order valence-electron chi connectivity index (χ4n) is 2.18. The molecule has 1 aromatic rings. The lowest BCUT2D eigenvalue weighted by Gasteiger charge is -2.15. The summed E-state index contributed by atoms with van der Waals surface area (Å²) in [7, 11) is -1.90. The van der Waals surface area contributed by atoms with Crippen molar-refractivity contribution in [1.82, 2.24) is 10.0 Å². The van der Waals surface area contributed by atoms with E-state index in [0.29, 0.717) is 24.2 Å². The molecule has 2 rings (SSSR count). The third kappa shape index (κ3) is 3.77. The van der Waals surface area contributed by atoms with Gasteiger partial charge in [0.05, 0.1) is 4.90 Å². The lowest BCUT2D eigenvalue weighted by molar-refractivity contribution is 0.574. The van der Waals surface area contributed by atoms with Gasteiger partial charge in [-0.05, 0) is 50.8 Å². The highest BCUT2D eigenvalue weighted by Gasteiger charge is 2.42. The summed E-state index contributed by atoms with van der Waals surface area (Å²) in [5.41, 5.74) is 0.706. The molecule has 1 fully saturated rings. The number of hydrogen-bond acceptors (Lipinski definition) is 4. The lowest BCUT2D eigenvalue weighted by atomic mass is 10.1. The van der Waals surface area contributed by atoms with Crippen LogP contribution >= 0.6 is 11.8 Å². The van der Waals surface area contributed by atoms with E-state index < -0.39 is 10.0 Å². The van der Waals surface area contributed by atoms with Crippen molar-refractivity contribution < 1.29 is 12.8 Å². The average molecular weight is 332 g/mol. The van der Waals surface area contributed by atoms with Gasteiger partial charge in [-0.1, -0.05) is 0 Å². The molecule has 0 radical (unpaired) electrons. The molecule has 1 aromatic carbocycles. The second-order valence-corrected chi connectivity index (χ2v) is 8.50. The molecule has 21 heavy (non-hydrogen) atoms. The first-order chi connectivity index (χ1) is 9.83. The van der Waals surface area contributed by atoms with Crippen molar-refractivity contribution in [2.45, 2.75) is 36.0 Å². The molecule has 0 heterocycles. The van der Waals surface area contributed by atoms with E-state index in [2.05, 4.69) is 10.0 Å². The molecular formula is C14H21FN2O2S2. The van der Waals surface area contributed by atoms with E-state index in [1.165, 1.54) is 12.1 Å². The first-order valence-corrected chi connectivity index (χ1v) is 9.53. The van der Waals surface area contributed by atoms with E-state index in [0.717, 1.165) is 12.8 Å². The number of rotatable bonds is 7. The first-order valence-electron chi connectivity index (χ1n) is 6.82. The number of aryl methyl sites for hydroxylation is 1. The molecule has 0 aromatic heterocycles. The monoisotopic (exact) mass is 332 g/mol. The van der Waals surface area contributed by atoms with Crippen molar-refractivity contribution in [3.05, 3.63) is 29.1 Å². The number of nitrogens with one attached hydrogen (secondary N) is 2. The molecule has 0 bridgehead atoms. The second-order valence-electron chi connectivity index (χ2n) is 5.46. The van der Waals surface area contributed by atoms with Gasteiger partial charge in [-0.3, -0.25) is 0 Å². The second kappa shape index (κ2) is 6.24. The highest BCUT2D eigenvalue weighted by Crippen LogP contribution is 2.46. The normalized spacial score (nSPS) is 17.0. The van der Waals surface area contributed by atoms with Gasteiger partial charge in [0.2, 0.25) is 10.0 Å². The number of halogens is 1. The van der Waals surface area contributed by atoms with Crippen LogP contribution in [-0.4, -0.2) is 33.0 Å². The van der Waals surface area contributed by atoms with E-state index in [1.54, 1.807) is 25.7 Å². The Bertz CT molecular complexity index is 628. The quantitative estimate of drug-likeness (QED) is 0.802. The Morgan fingerprint density at radius 3 is 2.57 bits per heavy atom. The van der Waals surface area contributed by atoms with Gasteiger partial charge in [0.15, 0.2) is 0 Å². The van der Waals surface area contributed by atoms with Gasteiger partial charge in [0.1, 0.15) is 5.82 Å². The van der Waals surface area contributed by atoms with Crippen molar-refractivity contribution in [1.29, 1.82) is 0 Å². The molecule has 1 saturated carbocycles. The zero-order valence-corrected chi connectivity index (χ0v) is 14.1. The molecular weight excluding hydrogens is 311 g/mol. The van der Waals surface area contributed by atoms with E-state index in [1.807, 2.05) is 6.26 Å². The fraction of sp³-hybridized carbons (Fsp3) is 0.571. The van der Waals surface area contributed by atoms with Crippen LogP contribution in [0.15, 0.2) is 17.0 Å². The summed E-state index contributed by atoms with van der Waals surface area (Å²) in [6.07, 6.45) is 4.06. The summed E-state index contributed by atoms with van der Waals surface area (Å²) in [5, 5.41) is 2.85. The van der Waals surface area contributed by atoms with Crippen LogP contribution in [0, 0.1) is 12.7 Å². The van der Waals surface area contributed by atoms with Crippen LogP contribution in [0.3, 0.4) is 0 Å². The summed E-state index contributed by atoms with van der Waals surface area (Å²) < 4.78 is 41.4. The van der Waals surface area contributed by atoms with Gasteiger partial charge in [0.25, 0.3) is 0 Å². The third-order valence-electron chi connectivity index (χ3n) is 3.81. The molecule has 4 nitrogen and oxygen atoms in total. The molecule has 118 valence electrons. The fourth-order valence-corrected chi connectivity index (χ4v) is 4.26. The maximum atomic E-state index is 13.9. The highest BCUT2D eigenvalue weighted by atomic mass is 32.2. The number of benzene rings is 1. The van der Waals surface area contributed by atoms with Crippen LogP contribution in [-0.2, 0) is 16.6 Å². The Balaban J connectivity index is 2.23. The van der Waals surface area contributed by atoms with Gasteiger partial charge < -0.3 is 5.32 Å². The van der Waals surface area contributed by atoms with Gasteiger partial charge in [-0.15, -0.1) is 0 Å². The summed E-state index contributed by atoms with van der Waals surface area (Å²) in [6, 6.07) is 2.79. The molecule has 1 aliphatic carbocycles. The maximum Gasteiger partial charge on any atom is 0.240 e. The molecule has 2 N–H and O–H groups in total. The maximum absolute atomic E-state index is 13.9. The standard InChI is InChI=1S/C14H21FN2O2S2/c1-10-6-12(7-11(8-16-2)13(10)15)21(18,19)17-9-14(20-3)4-5-14/h6-7,16-17H,4-5,8-9H2,1-3H3. The van der Waals surface area contributed by atoms with Crippen molar-refractivity contribution in [3.63, 3.8) is 0 Å². The van der Waals surface area contributed by atoms with Crippen LogP contribution in [0.2, 0.25) is 0 Å². The largest absolute Gasteiger partial charge is 0.316 e. The van der Waals surface area contributed by atoms with Crippen LogP contribution in [0.4, 0.5) is 4.39 Å². The van der Waals surface area contributed by atoms with Crippen molar-refractivity contribution in [3.8, 4) is 0 Å². The van der Waals surface area contributed by atoms with Gasteiger partial charge >= 0.3 is 0 Å². The molecule has 1 aliphatic rings. The molecule has 0 spiro atoms. The summed E-state index contributed by atoms with van der Waals surface area (Å²) in [6.45, 7) is 2.30. The molecule has 7 heteroatoms. The minimum absolute atomic E-state index is 0.0515. The first kappa shape index (κ1) is 16.7. The van der Waals surface area contributed by atoms with Crippen molar-refractivity contribution >= 4 is 21.8 Å². The minimum atomic E-state index is -3.60. The van der Waals surface area contributed by atoms with Gasteiger partial charge in [0, 0.05) is 23.4 Å². The van der Waals surface area contributed by atoms with E-state index in [-0.39, 0.29) is 15.5 Å². The molecule has 0 saturated heterocycles. The smallest absolute Gasteiger partial charge is 0.240 e. The third-order valence-corrected chi connectivity index (χ3v) is 6.61. The van der Waals surface area contributed by atoms with Gasteiger partial charge in [-0.2, -0.15) is 11.8 Å². The Labute approximate surface area is 129 Å². The number of hydrogen-bond donors (Lipinski definition) is 2. The van der Waals surface area contributed by atoms with Crippen LogP contribution in [0.1, 0.15) is 24.0 Å². The van der Waals surface area contributed by atoms with Crippen LogP contribution < -0.4 is 10.0 Å². The zero-order chi connectivity index (χ0) is 15.7. The van der Waals surface area contributed by atoms with E-state index >= 15 is 0 Å². The predicted molar refractivity (Wildman–Crippen MR) is 84.6 cm³/mol. The zero-order valence-electron chi connectivity index (χ0n) is 12.5. The summed E-state index contributed by atoms with van der Waals surface area (Å²) >= 11 is 1.69. The van der Waals surface area contributed by atoms with Crippen molar-refractivity contribution in [2.24, 2.45) is 0 Å². The van der Waals surface area contributed by atoms with Gasteiger partial charge in [-0.25, -0.2) is 17.5 Å². The summed E-state index contributed by atoms with van der Waals surface area (Å²) in [5.74, 6) is -0.355. The molecule has 0 unspecified atom stereocenters. The Kier molecular flexibility index (Phi) is 4.97. The number of sulfonamides is 1.